The van der Waals surface area contributed by atoms with E-state index in [-0.39, 0.29) is 5.82 Å². The zero-order valence-corrected chi connectivity index (χ0v) is 7.12. The number of hydrogen-bond donors (Lipinski definition) is 1. The smallest absolute Gasteiger partial charge is 0.328 e. The van der Waals surface area contributed by atoms with E-state index in [1.54, 1.807) is 19.1 Å². The highest BCUT2D eigenvalue weighted by atomic mass is 19.1. The van der Waals surface area contributed by atoms with Crippen LogP contribution in [0.4, 0.5) is 4.39 Å². The predicted molar refractivity (Wildman–Crippen MR) is 47.8 cm³/mol. The number of benzene rings is 1. The standard InChI is InChI=1S/C10H9FO2/c1-7-8(5-6-10(12)13)3-2-4-9(7)11/h2-6H,1H3,(H,12,13). The minimum Gasteiger partial charge on any atom is -0.478 e. The van der Waals surface area contributed by atoms with Crippen molar-refractivity contribution in [1.82, 2.24) is 0 Å². The van der Waals surface area contributed by atoms with Crippen LogP contribution in [0.15, 0.2) is 24.3 Å². The Labute approximate surface area is 75.3 Å². The van der Waals surface area contributed by atoms with E-state index in [1.807, 2.05) is 0 Å². The quantitative estimate of drug-likeness (QED) is 0.708. The van der Waals surface area contributed by atoms with Gasteiger partial charge in [-0.1, -0.05) is 12.1 Å². The van der Waals surface area contributed by atoms with Gasteiger partial charge in [-0.15, -0.1) is 0 Å². The van der Waals surface area contributed by atoms with Crippen molar-refractivity contribution in [2.45, 2.75) is 6.92 Å². The van der Waals surface area contributed by atoms with E-state index in [0.29, 0.717) is 11.1 Å². The van der Waals surface area contributed by atoms with E-state index < -0.39 is 5.97 Å². The van der Waals surface area contributed by atoms with Gasteiger partial charge in [-0.05, 0) is 30.2 Å². The Bertz CT molecular complexity index is 356. The van der Waals surface area contributed by atoms with Gasteiger partial charge in [-0.2, -0.15) is 0 Å². The van der Waals surface area contributed by atoms with Gasteiger partial charge in [0.2, 0.25) is 0 Å². The maximum atomic E-state index is 12.9. The third-order valence-corrected chi connectivity index (χ3v) is 1.72. The molecule has 1 rings (SSSR count). The molecular weight excluding hydrogens is 171 g/mol. The summed E-state index contributed by atoms with van der Waals surface area (Å²) < 4.78 is 12.9. The number of carbonyl (C=O) groups is 1. The van der Waals surface area contributed by atoms with E-state index in [0.717, 1.165) is 6.08 Å². The Morgan fingerprint density at radius 3 is 2.85 bits per heavy atom. The maximum absolute atomic E-state index is 12.9. The van der Waals surface area contributed by atoms with E-state index in [2.05, 4.69) is 0 Å². The second-order valence-corrected chi connectivity index (χ2v) is 2.63. The molecule has 0 atom stereocenters. The van der Waals surface area contributed by atoms with E-state index in [4.69, 9.17) is 5.11 Å². The molecular formula is C10H9FO2. The Balaban J connectivity index is 3.02. The molecule has 13 heavy (non-hydrogen) atoms. The third kappa shape index (κ3) is 2.40. The summed E-state index contributed by atoms with van der Waals surface area (Å²) in [6.45, 7) is 1.61. The topological polar surface area (TPSA) is 37.3 Å². The lowest BCUT2D eigenvalue weighted by atomic mass is 10.1. The molecule has 2 nitrogen and oxygen atoms in total. The van der Waals surface area contributed by atoms with Crippen molar-refractivity contribution in [1.29, 1.82) is 0 Å². The monoisotopic (exact) mass is 180 g/mol. The second kappa shape index (κ2) is 3.85. The van der Waals surface area contributed by atoms with Crippen molar-refractivity contribution in [3.63, 3.8) is 0 Å². The zero-order chi connectivity index (χ0) is 9.84. The Morgan fingerprint density at radius 1 is 1.54 bits per heavy atom. The molecule has 0 heterocycles. The Hall–Kier alpha value is -1.64. The molecule has 3 heteroatoms. The number of aliphatic carboxylic acids is 1. The van der Waals surface area contributed by atoms with E-state index in [9.17, 15) is 9.18 Å². The van der Waals surface area contributed by atoms with Crippen LogP contribution in [0.2, 0.25) is 0 Å². The van der Waals surface area contributed by atoms with Gasteiger partial charge >= 0.3 is 5.97 Å². The molecule has 0 saturated heterocycles. The molecule has 68 valence electrons. The zero-order valence-electron chi connectivity index (χ0n) is 7.12. The normalized spacial score (nSPS) is 10.6. The highest BCUT2D eigenvalue weighted by molar-refractivity contribution is 5.85. The molecule has 0 aliphatic carbocycles. The average molecular weight is 180 g/mol. The molecule has 0 amide bonds. The number of carboxylic acid groups (broad SMARTS) is 1. The fraction of sp³-hybridized carbons (Fsp3) is 0.100. The first-order valence-electron chi connectivity index (χ1n) is 3.77. The van der Waals surface area contributed by atoms with Gasteiger partial charge in [-0.3, -0.25) is 0 Å². The molecule has 0 unspecified atom stereocenters. The van der Waals surface area contributed by atoms with Crippen molar-refractivity contribution < 1.29 is 14.3 Å². The van der Waals surface area contributed by atoms with Gasteiger partial charge in [0.15, 0.2) is 0 Å². The molecule has 1 aromatic rings. The van der Waals surface area contributed by atoms with Crippen molar-refractivity contribution in [3.05, 3.63) is 41.2 Å². The predicted octanol–water partition coefficient (Wildman–Crippen LogP) is 2.23. The second-order valence-electron chi connectivity index (χ2n) is 2.63. The summed E-state index contributed by atoms with van der Waals surface area (Å²) >= 11 is 0. The average Bonchev–Trinajstić information content (AvgIpc) is 2.07. The van der Waals surface area contributed by atoms with Crippen LogP contribution >= 0.6 is 0 Å². The van der Waals surface area contributed by atoms with Crippen molar-refractivity contribution in [2.24, 2.45) is 0 Å². The van der Waals surface area contributed by atoms with Crippen LogP contribution in [0, 0.1) is 12.7 Å². The van der Waals surface area contributed by atoms with Crippen LogP contribution < -0.4 is 0 Å². The highest BCUT2D eigenvalue weighted by Crippen LogP contribution is 2.13. The van der Waals surface area contributed by atoms with Gasteiger partial charge < -0.3 is 5.11 Å². The van der Waals surface area contributed by atoms with Gasteiger partial charge in [0.05, 0.1) is 0 Å². The molecule has 0 fully saturated rings. The Morgan fingerprint density at radius 2 is 2.23 bits per heavy atom. The lowest BCUT2D eigenvalue weighted by Gasteiger charge is -1.99. The first-order chi connectivity index (χ1) is 6.11. The lowest BCUT2D eigenvalue weighted by molar-refractivity contribution is -0.131. The summed E-state index contributed by atoms with van der Waals surface area (Å²) in [4.78, 5) is 10.2. The summed E-state index contributed by atoms with van der Waals surface area (Å²) in [5.41, 5.74) is 1.04. The largest absolute Gasteiger partial charge is 0.478 e. The van der Waals surface area contributed by atoms with Gasteiger partial charge in [0.1, 0.15) is 5.82 Å². The van der Waals surface area contributed by atoms with E-state index in [1.165, 1.54) is 12.1 Å². The molecule has 0 bridgehead atoms. The summed E-state index contributed by atoms with van der Waals surface area (Å²) in [5.74, 6) is -1.36. The molecule has 0 radical (unpaired) electrons. The van der Waals surface area contributed by atoms with Gasteiger partial charge in [0.25, 0.3) is 0 Å². The fourth-order valence-corrected chi connectivity index (χ4v) is 0.966. The Kier molecular flexibility index (Phi) is 2.80. The van der Waals surface area contributed by atoms with Crippen molar-refractivity contribution >= 4 is 12.0 Å². The van der Waals surface area contributed by atoms with Crippen LogP contribution in [0.3, 0.4) is 0 Å². The SMILES string of the molecule is Cc1c(F)cccc1C=CC(=O)O. The van der Waals surface area contributed by atoms with Crippen LogP contribution in [0.5, 0.6) is 0 Å². The molecule has 1 N–H and O–H groups in total. The number of halogens is 1. The van der Waals surface area contributed by atoms with Crippen LogP contribution in [0.25, 0.3) is 6.08 Å². The molecule has 0 spiro atoms. The highest BCUT2D eigenvalue weighted by Gasteiger charge is 1.99. The lowest BCUT2D eigenvalue weighted by Crippen LogP contribution is -1.89. The first-order valence-corrected chi connectivity index (χ1v) is 3.77. The maximum Gasteiger partial charge on any atom is 0.328 e. The van der Waals surface area contributed by atoms with Crippen LogP contribution in [-0.2, 0) is 4.79 Å². The number of carboxylic acids is 1. The van der Waals surface area contributed by atoms with Crippen molar-refractivity contribution in [2.75, 3.05) is 0 Å². The van der Waals surface area contributed by atoms with Crippen LogP contribution in [-0.4, -0.2) is 11.1 Å². The third-order valence-electron chi connectivity index (χ3n) is 1.72. The molecule has 0 aliphatic heterocycles. The van der Waals surface area contributed by atoms with Crippen molar-refractivity contribution in [3.8, 4) is 0 Å². The minimum atomic E-state index is -1.04. The summed E-state index contributed by atoms with van der Waals surface area (Å²) in [5, 5.41) is 8.35. The van der Waals surface area contributed by atoms with Gasteiger partial charge in [-0.25, -0.2) is 9.18 Å². The van der Waals surface area contributed by atoms with Gasteiger partial charge in [0, 0.05) is 6.08 Å². The van der Waals surface area contributed by atoms with Crippen LogP contribution in [0.1, 0.15) is 11.1 Å². The summed E-state index contributed by atoms with van der Waals surface area (Å²) in [6.07, 6.45) is 2.36. The fourth-order valence-electron chi connectivity index (χ4n) is 0.966. The first kappa shape index (κ1) is 9.45. The number of rotatable bonds is 2. The molecule has 1 aromatic carbocycles. The minimum absolute atomic E-state index is 0.326. The summed E-state index contributed by atoms with van der Waals surface area (Å²) in [6, 6.07) is 4.55. The molecule has 0 aromatic heterocycles. The molecule has 0 aliphatic rings. The summed E-state index contributed by atoms with van der Waals surface area (Å²) in [7, 11) is 0. The van der Waals surface area contributed by atoms with E-state index >= 15 is 0 Å². The molecule has 0 saturated carbocycles. The number of hydrogen-bond acceptors (Lipinski definition) is 1.